The molecule has 2 amide bonds. The highest BCUT2D eigenvalue weighted by atomic mass is 16.2. The van der Waals surface area contributed by atoms with E-state index < -0.39 is 0 Å². The molecule has 1 aromatic heterocycles. The minimum Gasteiger partial charge on any atom is -0.348 e. The highest BCUT2D eigenvalue weighted by Gasteiger charge is 2.24. The summed E-state index contributed by atoms with van der Waals surface area (Å²) >= 11 is 0. The van der Waals surface area contributed by atoms with Crippen LogP contribution in [0, 0.1) is 0 Å². The van der Waals surface area contributed by atoms with E-state index >= 15 is 0 Å². The van der Waals surface area contributed by atoms with Gasteiger partial charge in [-0.3, -0.25) is 9.59 Å². The number of carbonyl (C=O) groups excluding carboxylic acids is 2. The molecule has 0 unspecified atom stereocenters. The van der Waals surface area contributed by atoms with Crippen LogP contribution in [0.4, 0.5) is 0 Å². The van der Waals surface area contributed by atoms with Gasteiger partial charge >= 0.3 is 0 Å². The van der Waals surface area contributed by atoms with E-state index in [1.165, 1.54) is 0 Å². The lowest BCUT2D eigenvalue weighted by molar-refractivity contribution is -0.138. The van der Waals surface area contributed by atoms with Gasteiger partial charge in [0.1, 0.15) is 0 Å². The van der Waals surface area contributed by atoms with E-state index in [4.69, 9.17) is 0 Å². The SMILES string of the molecule is O=C(Cc1ccccc1)N1CCN(C(=O)Cc2cnc[nH]2)CC1. The Kier molecular flexibility index (Phi) is 4.71. The second-order valence-corrected chi connectivity index (χ2v) is 5.68. The molecule has 6 nitrogen and oxygen atoms in total. The van der Waals surface area contributed by atoms with Crippen molar-refractivity contribution < 1.29 is 9.59 Å². The molecule has 2 heterocycles. The lowest BCUT2D eigenvalue weighted by Crippen LogP contribution is -2.51. The van der Waals surface area contributed by atoms with E-state index in [-0.39, 0.29) is 11.8 Å². The Bertz CT molecular complexity index is 646. The van der Waals surface area contributed by atoms with E-state index in [2.05, 4.69) is 9.97 Å². The summed E-state index contributed by atoms with van der Waals surface area (Å²) in [4.78, 5) is 35.0. The molecule has 0 atom stereocenters. The maximum absolute atomic E-state index is 12.3. The number of benzene rings is 1. The molecule has 0 saturated carbocycles. The van der Waals surface area contributed by atoms with Crippen molar-refractivity contribution >= 4 is 11.8 Å². The summed E-state index contributed by atoms with van der Waals surface area (Å²) in [7, 11) is 0. The average molecular weight is 312 g/mol. The van der Waals surface area contributed by atoms with Gasteiger partial charge in [0.25, 0.3) is 0 Å². The Labute approximate surface area is 135 Å². The maximum atomic E-state index is 12.3. The summed E-state index contributed by atoms with van der Waals surface area (Å²) in [6.45, 7) is 2.38. The van der Waals surface area contributed by atoms with Crippen LogP contribution in [0.2, 0.25) is 0 Å². The Morgan fingerprint density at radius 2 is 1.57 bits per heavy atom. The molecule has 0 aliphatic carbocycles. The molecule has 2 aromatic rings. The maximum Gasteiger partial charge on any atom is 0.228 e. The molecule has 3 rings (SSSR count). The number of amides is 2. The van der Waals surface area contributed by atoms with Gasteiger partial charge in [0, 0.05) is 38.1 Å². The first kappa shape index (κ1) is 15.3. The quantitative estimate of drug-likeness (QED) is 0.910. The zero-order valence-corrected chi connectivity index (χ0v) is 12.9. The minimum atomic E-state index is 0.0735. The number of nitrogens with zero attached hydrogens (tertiary/aromatic N) is 3. The van der Waals surface area contributed by atoms with Gasteiger partial charge in [0.15, 0.2) is 0 Å². The number of rotatable bonds is 4. The van der Waals surface area contributed by atoms with Crippen LogP contribution in [0.3, 0.4) is 0 Å². The highest BCUT2D eigenvalue weighted by Crippen LogP contribution is 2.08. The van der Waals surface area contributed by atoms with Crippen molar-refractivity contribution in [3.8, 4) is 0 Å². The van der Waals surface area contributed by atoms with Gasteiger partial charge in [-0.2, -0.15) is 0 Å². The van der Waals surface area contributed by atoms with Crippen LogP contribution in [0.1, 0.15) is 11.3 Å². The zero-order chi connectivity index (χ0) is 16.1. The number of piperazine rings is 1. The minimum absolute atomic E-state index is 0.0735. The number of carbonyl (C=O) groups is 2. The van der Waals surface area contributed by atoms with Crippen LogP contribution in [-0.2, 0) is 22.4 Å². The smallest absolute Gasteiger partial charge is 0.228 e. The van der Waals surface area contributed by atoms with E-state index in [1.54, 1.807) is 12.5 Å². The summed E-state index contributed by atoms with van der Waals surface area (Å²) in [5.41, 5.74) is 1.84. The fourth-order valence-corrected chi connectivity index (χ4v) is 2.74. The van der Waals surface area contributed by atoms with Crippen molar-refractivity contribution in [1.82, 2.24) is 19.8 Å². The summed E-state index contributed by atoms with van der Waals surface area (Å²) in [5, 5.41) is 0. The Morgan fingerprint density at radius 3 is 2.13 bits per heavy atom. The second-order valence-electron chi connectivity index (χ2n) is 5.68. The fraction of sp³-hybridized carbons (Fsp3) is 0.353. The van der Waals surface area contributed by atoms with Gasteiger partial charge in [-0.15, -0.1) is 0 Å². The number of aromatic nitrogens is 2. The number of aromatic amines is 1. The second kappa shape index (κ2) is 7.09. The summed E-state index contributed by atoms with van der Waals surface area (Å²) < 4.78 is 0. The van der Waals surface area contributed by atoms with Crippen molar-refractivity contribution in [3.05, 3.63) is 54.1 Å². The van der Waals surface area contributed by atoms with E-state index in [9.17, 15) is 9.59 Å². The lowest BCUT2D eigenvalue weighted by Gasteiger charge is -2.34. The normalized spacial score (nSPS) is 14.8. The molecule has 1 saturated heterocycles. The van der Waals surface area contributed by atoms with Crippen LogP contribution in [0.15, 0.2) is 42.9 Å². The number of hydrogen-bond donors (Lipinski definition) is 1. The van der Waals surface area contributed by atoms with Gasteiger partial charge in [0.2, 0.25) is 11.8 Å². The van der Waals surface area contributed by atoms with Crippen molar-refractivity contribution in [3.63, 3.8) is 0 Å². The molecular weight excluding hydrogens is 292 g/mol. The van der Waals surface area contributed by atoms with Crippen molar-refractivity contribution in [2.24, 2.45) is 0 Å². The first-order valence-electron chi connectivity index (χ1n) is 7.79. The topological polar surface area (TPSA) is 69.3 Å². The molecule has 1 aliphatic heterocycles. The van der Waals surface area contributed by atoms with E-state index in [0.29, 0.717) is 39.0 Å². The van der Waals surface area contributed by atoms with Gasteiger partial charge in [-0.25, -0.2) is 4.98 Å². The molecule has 23 heavy (non-hydrogen) atoms. The third kappa shape index (κ3) is 3.97. The number of H-pyrrole nitrogens is 1. The van der Waals surface area contributed by atoms with Crippen molar-refractivity contribution in [2.45, 2.75) is 12.8 Å². The first-order chi connectivity index (χ1) is 11.2. The third-order valence-electron chi connectivity index (χ3n) is 4.08. The van der Waals surface area contributed by atoms with Crippen LogP contribution in [0.5, 0.6) is 0 Å². The Hall–Kier alpha value is -2.63. The molecule has 0 spiro atoms. The van der Waals surface area contributed by atoms with Crippen LogP contribution in [0.25, 0.3) is 0 Å². The molecular formula is C17H20N4O2. The number of imidazole rings is 1. The van der Waals surface area contributed by atoms with E-state index in [0.717, 1.165) is 11.3 Å². The molecule has 0 bridgehead atoms. The Morgan fingerprint density at radius 1 is 0.957 bits per heavy atom. The monoisotopic (exact) mass is 312 g/mol. The fourth-order valence-electron chi connectivity index (χ4n) is 2.74. The van der Waals surface area contributed by atoms with Crippen molar-refractivity contribution in [2.75, 3.05) is 26.2 Å². The molecule has 1 aliphatic rings. The molecule has 6 heteroatoms. The number of nitrogens with one attached hydrogen (secondary N) is 1. The summed E-state index contributed by atoms with van der Waals surface area (Å²) in [6, 6.07) is 9.74. The highest BCUT2D eigenvalue weighted by molar-refractivity contribution is 5.80. The van der Waals surface area contributed by atoms with Crippen LogP contribution < -0.4 is 0 Å². The largest absolute Gasteiger partial charge is 0.348 e. The van der Waals surface area contributed by atoms with Crippen LogP contribution >= 0.6 is 0 Å². The van der Waals surface area contributed by atoms with Gasteiger partial charge in [0.05, 0.1) is 19.2 Å². The first-order valence-corrected chi connectivity index (χ1v) is 7.79. The summed E-state index contributed by atoms with van der Waals surface area (Å²) in [6.07, 6.45) is 3.99. The van der Waals surface area contributed by atoms with Gasteiger partial charge < -0.3 is 14.8 Å². The predicted octanol–water partition coefficient (Wildman–Crippen LogP) is 0.866. The van der Waals surface area contributed by atoms with Crippen LogP contribution in [-0.4, -0.2) is 57.8 Å². The molecule has 0 radical (unpaired) electrons. The molecule has 1 fully saturated rings. The third-order valence-corrected chi connectivity index (χ3v) is 4.08. The average Bonchev–Trinajstić information content (AvgIpc) is 3.09. The Balaban J connectivity index is 1.48. The lowest BCUT2D eigenvalue weighted by atomic mass is 10.1. The van der Waals surface area contributed by atoms with Gasteiger partial charge in [-0.1, -0.05) is 30.3 Å². The molecule has 1 N–H and O–H groups in total. The number of hydrogen-bond acceptors (Lipinski definition) is 3. The van der Waals surface area contributed by atoms with Gasteiger partial charge in [-0.05, 0) is 5.56 Å². The molecule has 1 aromatic carbocycles. The van der Waals surface area contributed by atoms with Crippen molar-refractivity contribution in [1.29, 1.82) is 0 Å². The zero-order valence-electron chi connectivity index (χ0n) is 12.9. The molecule has 120 valence electrons. The predicted molar refractivity (Wildman–Crippen MR) is 85.6 cm³/mol. The standard InChI is InChI=1S/C17H20N4O2/c22-16(10-14-4-2-1-3-5-14)20-6-8-21(9-7-20)17(23)11-15-12-18-13-19-15/h1-5,12-13H,6-11H2,(H,18,19). The van der Waals surface area contributed by atoms with E-state index in [1.807, 2.05) is 40.1 Å². The summed E-state index contributed by atoms with van der Waals surface area (Å²) in [5.74, 6) is 0.196.